The highest BCUT2D eigenvalue weighted by Crippen LogP contribution is 2.45. The van der Waals surface area contributed by atoms with E-state index in [9.17, 15) is 5.11 Å². The van der Waals surface area contributed by atoms with Gasteiger partial charge in [-0.2, -0.15) is 0 Å². The number of nitrogens with one attached hydrogen (secondary N) is 1. The second kappa shape index (κ2) is 5.27. The summed E-state index contributed by atoms with van der Waals surface area (Å²) >= 11 is 1.79. The molecule has 2 aromatic carbocycles. The Morgan fingerprint density at radius 2 is 1.89 bits per heavy atom. The summed E-state index contributed by atoms with van der Waals surface area (Å²) in [6.45, 7) is 2.01. The van der Waals surface area contributed by atoms with Crippen LogP contribution in [0.25, 0.3) is 0 Å². The normalized spacial score (nSPS) is 14.2. The molecule has 0 bridgehead atoms. The van der Waals surface area contributed by atoms with E-state index in [4.69, 9.17) is 0 Å². The Morgan fingerprint density at radius 3 is 2.74 bits per heavy atom. The van der Waals surface area contributed by atoms with Gasteiger partial charge in [0.15, 0.2) is 0 Å². The molecule has 1 unspecified atom stereocenters. The molecule has 1 aliphatic heterocycles. The molecular weight excluding hydrogens is 254 g/mol. The molecule has 0 aromatic heterocycles. The molecule has 0 saturated carbocycles. The first-order chi connectivity index (χ1) is 9.28. The van der Waals surface area contributed by atoms with Crippen LogP contribution >= 0.6 is 11.8 Å². The molecule has 0 radical (unpaired) electrons. The zero-order chi connectivity index (χ0) is 13.2. The molecule has 1 atom stereocenters. The van der Waals surface area contributed by atoms with Crippen molar-refractivity contribution >= 4 is 23.1 Å². The van der Waals surface area contributed by atoms with E-state index in [0.717, 1.165) is 17.8 Å². The van der Waals surface area contributed by atoms with E-state index in [1.165, 1.54) is 15.4 Å². The van der Waals surface area contributed by atoms with E-state index in [-0.39, 0.29) is 6.10 Å². The lowest BCUT2D eigenvalue weighted by molar-refractivity contribution is 0.171. The van der Waals surface area contributed by atoms with Crippen molar-refractivity contribution in [1.29, 1.82) is 0 Å². The molecule has 0 saturated heterocycles. The van der Waals surface area contributed by atoms with Crippen LogP contribution < -0.4 is 5.32 Å². The molecule has 3 rings (SSSR count). The fourth-order valence-electron chi connectivity index (χ4n) is 2.28. The van der Waals surface area contributed by atoms with Gasteiger partial charge in [0.25, 0.3) is 0 Å². The summed E-state index contributed by atoms with van der Waals surface area (Å²) < 4.78 is 0. The minimum Gasteiger partial charge on any atom is -0.393 e. The molecule has 0 aliphatic carbocycles. The molecular formula is C16H17NOS. The second-order valence-electron chi connectivity index (χ2n) is 4.78. The van der Waals surface area contributed by atoms with Gasteiger partial charge in [-0.15, -0.1) is 0 Å². The van der Waals surface area contributed by atoms with Crippen molar-refractivity contribution in [1.82, 2.24) is 0 Å². The van der Waals surface area contributed by atoms with Crippen LogP contribution in [-0.2, 0) is 6.42 Å². The van der Waals surface area contributed by atoms with Crippen LogP contribution in [0.3, 0.4) is 0 Å². The van der Waals surface area contributed by atoms with Crippen molar-refractivity contribution in [3.8, 4) is 0 Å². The highest BCUT2D eigenvalue weighted by Gasteiger charge is 2.18. The highest BCUT2D eigenvalue weighted by atomic mass is 32.2. The first-order valence-corrected chi connectivity index (χ1v) is 7.43. The summed E-state index contributed by atoms with van der Waals surface area (Å²) in [6, 6.07) is 14.6. The van der Waals surface area contributed by atoms with Gasteiger partial charge < -0.3 is 10.4 Å². The van der Waals surface area contributed by atoms with Crippen molar-refractivity contribution in [3.05, 3.63) is 48.0 Å². The van der Waals surface area contributed by atoms with E-state index < -0.39 is 0 Å². The van der Waals surface area contributed by atoms with E-state index in [1.807, 2.05) is 13.0 Å². The number of anilines is 2. The third-order valence-electron chi connectivity index (χ3n) is 3.41. The van der Waals surface area contributed by atoms with Gasteiger partial charge in [-0.3, -0.25) is 0 Å². The molecule has 19 heavy (non-hydrogen) atoms. The zero-order valence-electron chi connectivity index (χ0n) is 10.9. The number of para-hydroxylation sites is 2. The lowest BCUT2D eigenvalue weighted by Crippen LogP contribution is -2.11. The Labute approximate surface area is 117 Å². The summed E-state index contributed by atoms with van der Waals surface area (Å²) in [5, 5.41) is 13.4. The fourth-order valence-corrected chi connectivity index (χ4v) is 3.33. The second-order valence-corrected chi connectivity index (χ2v) is 5.86. The summed E-state index contributed by atoms with van der Waals surface area (Å²) in [5.74, 6) is 0. The van der Waals surface area contributed by atoms with E-state index in [2.05, 4.69) is 41.7 Å². The van der Waals surface area contributed by atoms with Crippen LogP contribution in [0.1, 0.15) is 18.9 Å². The number of rotatable bonds is 3. The Kier molecular flexibility index (Phi) is 3.49. The van der Waals surface area contributed by atoms with Gasteiger partial charge in [0.2, 0.25) is 0 Å². The van der Waals surface area contributed by atoms with E-state index >= 15 is 0 Å². The van der Waals surface area contributed by atoms with Crippen molar-refractivity contribution in [3.63, 3.8) is 0 Å². The minimum absolute atomic E-state index is 0.268. The van der Waals surface area contributed by atoms with E-state index in [1.54, 1.807) is 11.8 Å². The number of hydrogen-bond donors (Lipinski definition) is 2. The Bertz CT molecular complexity index is 597. The number of aliphatic hydroxyl groups is 1. The number of benzene rings is 2. The fraction of sp³-hybridized carbons (Fsp3) is 0.250. The first-order valence-electron chi connectivity index (χ1n) is 6.61. The molecule has 2 nitrogen and oxygen atoms in total. The lowest BCUT2D eigenvalue weighted by Gasteiger charge is -2.24. The molecule has 3 heteroatoms. The van der Waals surface area contributed by atoms with Crippen LogP contribution in [-0.4, -0.2) is 11.2 Å². The summed E-state index contributed by atoms with van der Waals surface area (Å²) in [5.41, 5.74) is 3.49. The molecule has 1 aliphatic rings. The van der Waals surface area contributed by atoms with Crippen LogP contribution in [0, 0.1) is 0 Å². The number of hydrogen-bond acceptors (Lipinski definition) is 3. The standard InChI is InChI=1S/C16H17NOS/c1-2-12(18)10-11-6-5-9-15-16(11)17-13-7-3-4-8-14(13)19-15/h3-9,12,17-18H,2,10H2,1H3. The smallest absolute Gasteiger partial charge is 0.0578 e. The van der Waals surface area contributed by atoms with Crippen molar-refractivity contribution in [2.45, 2.75) is 35.7 Å². The van der Waals surface area contributed by atoms with Crippen molar-refractivity contribution in [2.24, 2.45) is 0 Å². The maximum Gasteiger partial charge on any atom is 0.0578 e. The van der Waals surface area contributed by atoms with Crippen LogP contribution in [0.2, 0.25) is 0 Å². The topological polar surface area (TPSA) is 32.3 Å². The summed E-state index contributed by atoms with van der Waals surface area (Å²) in [6.07, 6.45) is 1.22. The summed E-state index contributed by atoms with van der Waals surface area (Å²) in [4.78, 5) is 2.49. The van der Waals surface area contributed by atoms with Gasteiger partial charge in [0.1, 0.15) is 0 Å². The number of fused-ring (bicyclic) bond motifs is 2. The summed E-state index contributed by atoms with van der Waals surface area (Å²) in [7, 11) is 0. The molecule has 0 amide bonds. The average Bonchev–Trinajstić information content (AvgIpc) is 2.45. The maximum absolute atomic E-state index is 9.87. The molecule has 1 heterocycles. The van der Waals surface area contributed by atoms with Gasteiger partial charge in [-0.1, -0.05) is 43.0 Å². The predicted molar refractivity (Wildman–Crippen MR) is 80.3 cm³/mol. The van der Waals surface area contributed by atoms with Crippen LogP contribution in [0.4, 0.5) is 11.4 Å². The minimum atomic E-state index is -0.268. The lowest BCUT2D eigenvalue weighted by atomic mass is 10.0. The van der Waals surface area contributed by atoms with Crippen molar-refractivity contribution in [2.75, 3.05) is 5.32 Å². The van der Waals surface area contributed by atoms with Crippen LogP contribution in [0.5, 0.6) is 0 Å². The molecule has 0 spiro atoms. The maximum atomic E-state index is 9.87. The molecule has 0 fully saturated rings. The molecule has 98 valence electrons. The SMILES string of the molecule is CCC(O)Cc1cccc2c1Nc1ccccc1S2. The first kappa shape index (κ1) is 12.6. The largest absolute Gasteiger partial charge is 0.393 e. The van der Waals surface area contributed by atoms with E-state index in [0.29, 0.717) is 6.42 Å². The van der Waals surface area contributed by atoms with Gasteiger partial charge in [-0.05, 0) is 30.2 Å². The quantitative estimate of drug-likeness (QED) is 0.748. The Hall–Kier alpha value is -1.45. The van der Waals surface area contributed by atoms with Gasteiger partial charge in [0, 0.05) is 16.2 Å². The third kappa shape index (κ3) is 2.48. The average molecular weight is 271 g/mol. The number of aliphatic hydroxyl groups excluding tert-OH is 1. The Morgan fingerprint density at radius 1 is 1.11 bits per heavy atom. The Balaban J connectivity index is 1.96. The van der Waals surface area contributed by atoms with Gasteiger partial charge >= 0.3 is 0 Å². The molecule has 2 aromatic rings. The monoisotopic (exact) mass is 271 g/mol. The highest BCUT2D eigenvalue weighted by molar-refractivity contribution is 7.99. The predicted octanol–water partition coefficient (Wildman–Crippen LogP) is 4.21. The van der Waals surface area contributed by atoms with Gasteiger partial charge in [-0.25, -0.2) is 0 Å². The van der Waals surface area contributed by atoms with Crippen molar-refractivity contribution < 1.29 is 5.11 Å². The zero-order valence-corrected chi connectivity index (χ0v) is 11.7. The third-order valence-corrected chi connectivity index (χ3v) is 4.54. The van der Waals surface area contributed by atoms with Gasteiger partial charge in [0.05, 0.1) is 17.5 Å². The molecule has 2 N–H and O–H groups in total. The van der Waals surface area contributed by atoms with Crippen LogP contribution in [0.15, 0.2) is 52.3 Å².